The number of nitrogens with one attached hydrogen (secondary N) is 1. The second-order valence-electron chi connectivity index (χ2n) is 11.8. The zero-order valence-corrected chi connectivity index (χ0v) is 29.4. The Kier molecular flexibility index (Phi) is 10.1. The number of fused-ring (bicyclic) bond motifs is 2. The van der Waals surface area contributed by atoms with Crippen LogP contribution in [0, 0.1) is 5.92 Å². The molecule has 10 nitrogen and oxygen atoms in total. The summed E-state index contributed by atoms with van der Waals surface area (Å²) in [5.74, 6) is -3.89. The Bertz CT molecular complexity index is 2040. The number of alkyl halides is 3. The van der Waals surface area contributed by atoms with Crippen molar-refractivity contribution in [2.45, 2.75) is 49.7 Å². The molecule has 1 N–H and O–H groups in total. The van der Waals surface area contributed by atoms with Gasteiger partial charge in [0.2, 0.25) is 17.7 Å². The molecule has 3 atom stereocenters. The van der Waals surface area contributed by atoms with Crippen LogP contribution < -0.4 is 20.0 Å². The summed E-state index contributed by atoms with van der Waals surface area (Å²) in [5, 5.41) is 1.81. The van der Waals surface area contributed by atoms with E-state index >= 15 is 0 Å². The molecule has 0 saturated carbocycles. The molecule has 2 aliphatic heterocycles. The molecule has 0 spiro atoms. The van der Waals surface area contributed by atoms with Crippen LogP contribution in [-0.2, 0) is 31.8 Å². The van der Waals surface area contributed by atoms with Crippen molar-refractivity contribution >= 4 is 63.9 Å². The monoisotopic (exact) mass is 738 g/mol. The first kappa shape index (κ1) is 35.9. The molecular formula is C36H33F3N4O6S2. The minimum absolute atomic E-state index is 0.0907. The molecule has 266 valence electrons. The van der Waals surface area contributed by atoms with Crippen molar-refractivity contribution < 1.29 is 37.1 Å². The van der Waals surface area contributed by atoms with Crippen molar-refractivity contribution in [1.82, 2.24) is 4.57 Å². The van der Waals surface area contributed by atoms with E-state index in [1.165, 1.54) is 41.0 Å². The number of esters is 1. The first-order valence-corrected chi connectivity index (χ1v) is 17.9. The normalized spacial score (nSPS) is 18.3. The minimum atomic E-state index is -4.61. The highest BCUT2D eigenvalue weighted by molar-refractivity contribution is 8.00. The highest BCUT2D eigenvalue weighted by Gasteiger charge is 2.57. The van der Waals surface area contributed by atoms with Crippen molar-refractivity contribution in [3.63, 3.8) is 0 Å². The Morgan fingerprint density at radius 2 is 1.61 bits per heavy atom. The second kappa shape index (κ2) is 14.4. The number of anilines is 3. The average molecular weight is 739 g/mol. The fraction of sp³-hybridized carbons (Fsp3) is 0.306. The van der Waals surface area contributed by atoms with Gasteiger partial charge in [0.25, 0.3) is 0 Å². The standard InChI is InChI=1S/C36H33F3N4O6S2/c1-4-41(5-2)24-14-10-20(11-15-24)27-28-29(32(46)43(31(28)45)25-16-12-21(13-17-25)34(47)49-6-3)50-33-30(27)51-35(48)42(33)19-26(44)40-23-9-7-8-22(18-23)36(37,38)39/h7-18,27-29H,4-6,19H2,1-3H3,(H,40,44)/t27-,28?,29?/m1/s1. The highest BCUT2D eigenvalue weighted by Crippen LogP contribution is 2.54. The van der Waals surface area contributed by atoms with Gasteiger partial charge in [-0.25, -0.2) is 9.69 Å². The Balaban J connectivity index is 1.37. The molecule has 0 radical (unpaired) electrons. The molecule has 2 unspecified atom stereocenters. The van der Waals surface area contributed by atoms with Gasteiger partial charge in [-0.05, 0) is 80.9 Å². The van der Waals surface area contributed by atoms with E-state index in [1.54, 1.807) is 6.92 Å². The largest absolute Gasteiger partial charge is 0.462 e. The number of carbonyl (C=O) groups excluding carboxylic acids is 4. The van der Waals surface area contributed by atoms with Crippen molar-refractivity contribution in [2.75, 3.05) is 34.8 Å². The van der Waals surface area contributed by atoms with Crippen LogP contribution in [0.3, 0.4) is 0 Å². The van der Waals surface area contributed by atoms with E-state index < -0.39 is 63.9 Å². The minimum Gasteiger partial charge on any atom is -0.462 e. The molecule has 15 heteroatoms. The van der Waals surface area contributed by atoms with Gasteiger partial charge in [0.15, 0.2) is 0 Å². The Labute approximate surface area is 299 Å². The summed E-state index contributed by atoms with van der Waals surface area (Å²) >= 11 is 1.88. The van der Waals surface area contributed by atoms with Crippen LogP contribution in [0.5, 0.6) is 0 Å². The summed E-state index contributed by atoms with van der Waals surface area (Å²) in [6, 6.07) is 17.7. The first-order chi connectivity index (χ1) is 24.4. The summed E-state index contributed by atoms with van der Waals surface area (Å²) in [4.78, 5) is 70.5. The van der Waals surface area contributed by atoms with Gasteiger partial charge in [0.1, 0.15) is 11.8 Å². The van der Waals surface area contributed by atoms with Gasteiger partial charge in [-0.15, -0.1) is 0 Å². The topological polar surface area (TPSA) is 118 Å². The molecule has 6 rings (SSSR count). The average Bonchev–Trinajstić information content (AvgIpc) is 3.55. The van der Waals surface area contributed by atoms with Gasteiger partial charge in [-0.3, -0.25) is 23.7 Å². The van der Waals surface area contributed by atoms with Crippen LogP contribution in [0.15, 0.2) is 82.6 Å². The third-order valence-electron chi connectivity index (χ3n) is 8.84. The van der Waals surface area contributed by atoms with Crippen LogP contribution in [-0.4, -0.2) is 53.2 Å². The summed E-state index contributed by atoms with van der Waals surface area (Å²) < 4.78 is 46.1. The zero-order valence-electron chi connectivity index (χ0n) is 27.7. The summed E-state index contributed by atoms with van der Waals surface area (Å²) in [6.07, 6.45) is -4.61. The predicted octanol–water partition coefficient (Wildman–Crippen LogP) is 6.39. The molecule has 0 aliphatic carbocycles. The molecule has 1 saturated heterocycles. The van der Waals surface area contributed by atoms with Gasteiger partial charge < -0.3 is 15.0 Å². The number of thioether (sulfide) groups is 1. The SMILES string of the molecule is CCOC(=O)c1ccc(N2C(=O)C3Sc4c(sc(=O)n4CC(=O)Nc4cccc(C(F)(F)F)c4)[C@H](c4ccc(N(CC)CC)cc4)C3C2=O)cc1. The smallest absolute Gasteiger partial charge is 0.416 e. The quantitative estimate of drug-likeness (QED) is 0.147. The van der Waals surface area contributed by atoms with E-state index in [4.69, 9.17) is 4.74 Å². The van der Waals surface area contributed by atoms with Gasteiger partial charge >= 0.3 is 17.0 Å². The summed E-state index contributed by atoms with van der Waals surface area (Å²) in [7, 11) is 0. The maximum absolute atomic E-state index is 14.3. The van der Waals surface area contributed by atoms with Crippen molar-refractivity contribution in [2.24, 2.45) is 5.92 Å². The molecule has 2 aliphatic rings. The fourth-order valence-electron chi connectivity index (χ4n) is 6.43. The van der Waals surface area contributed by atoms with Crippen molar-refractivity contribution in [3.8, 4) is 0 Å². The molecule has 3 aromatic carbocycles. The molecular weight excluding hydrogens is 706 g/mol. The molecule has 1 aromatic heterocycles. The first-order valence-electron chi connectivity index (χ1n) is 16.2. The zero-order chi connectivity index (χ0) is 36.6. The van der Waals surface area contributed by atoms with Gasteiger partial charge in [-0.2, -0.15) is 13.2 Å². The van der Waals surface area contributed by atoms with Crippen LogP contribution in [0.2, 0.25) is 0 Å². The van der Waals surface area contributed by atoms with E-state index in [0.29, 0.717) is 15.5 Å². The lowest BCUT2D eigenvalue weighted by Crippen LogP contribution is -2.33. The van der Waals surface area contributed by atoms with Gasteiger partial charge in [0.05, 0.1) is 34.4 Å². The van der Waals surface area contributed by atoms with E-state index in [9.17, 15) is 37.1 Å². The lowest BCUT2D eigenvalue weighted by atomic mass is 9.83. The lowest BCUT2D eigenvalue weighted by Gasteiger charge is -2.31. The van der Waals surface area contributed by atoms with Crippen LogP contribution >= 0.6 is 23.1 Å². The fourth-order valence-corrected chi connectivity index (χ4v) is 9.20. The number of aromatic nitrogens is 1. The number of imide groups is 1. The van der Waals surface area contributed by atoms with E-state index in [1.807, 2.05) is 38.1 Å². The predicted molar refractivity (Wildman–Crippen MR) is 189 cm³/mol. The van der Waals surface area contributed by atoms with E-state index in [0.717, 1.165) is 58.9 Å². The number of halogens is 3. The van der Waals surface area contributed by atoms with Crippen molar-refractivity contribution in [3.05, 3.63) is 104 Å². The number of rotatable bonds is 10. The highest BCUT2D eigenvalue weighted by atomic mass is 32.2. The van der Waals surface area contributed by atoms with Crippen LogP contribution in [0.25, 0.3) is 0 Å². The number of amides is 3. The number of benzene rings is 3. The molecule has 1 fully saturated rings. The Morgan fingerprint density at radius 3 is 2.24 bits per heavy atom. The Morgan fingerprint density at radius 1 is 0.922 bits per heavy atom. The molecule has 3 heterocycles. The second-order valence-corrected chi connectivity index (χ2v) is 14.0. The number of carbonyl (C=O) groups is 4. The Hall–Kier alpha value is -4.89. The van der Waals surface area contributed by atoms with Crippen LogP contribution in [0.4, 0.5) is 30.2 Å². The third-order valence-corrected chi connectivity index (χ3v) is 11.4. The lowest BCUT2D eigenvalue weighted by molar-refractivity contribution is -0.137. The molecule has 0 bridgehead atoms. The molecule has 4 aromatic rings. The molecule has 51 heavy (non-hydrogen) atoms. The number of thiazole rings is 1. The van der Waals surface area contributed by atoms with Gasteiger partial charge in [-0.1, -0.05) is 41.3 Å². The molecule has 3 amide bonds. The maximum Gasteiger partial charge on any atom is 0.416 e. The van der Waals surface area contributed by atoms with E-state index in [-0.39, 0.29) is 23.5 Å². The number of nitrogens with zero attached hydrogens (tertiary/aromatic N) is 3. The maximum atomic E-state index is 14.3. The summed E-state index contributed by atoms with van der Waals surface area (Å²) in [6.45, 7) is 6.95. The third kappa shape index (κ3) is 6.91. The summed E-state index contributed by atoms with van der Waals surface area (Å²) in [5.41, 5.74) is 1.15. The van der Waals surface area contributed by atoms with Gasteiger partial charge in [0, 0.05) is 35.3 Å². The van der Waals surface area contributed by atoms with Crippen LogP contribution in [0.1, 0.15) is 53.1 Å². The number of hydrogen-bond acceptors (Lipinski definition) is 9. The number of ether oxygens (including phenoxy) is 1. The van der Waals surface area contributed by atoms with E-state index in [2.05, 4.69) is 10.2 Å². The van der Waals surface area contributed by atoms with Crippen molar-refractivity contribution in [1.29, 1.82) is 0 Å². The number of hydrogen-bond donors (Lipinski definition) is 1.